The summed E-state index contributed by atoms with van der Waals surface area (Å²) in [5, 5.41) is 5.54. The van der Waals surface area contributed by atoms with Crippen molar-refractivity contribution in [3.05, 3.63) is 59.7 Å². The Morgan fingerprint density at radius 1 is 0.656 bits per heavy atom. The van der Waals surface area contributed by atoms with Crippen molar-refractivity contribution in [3.63, 3.8) is 0 Å². The molecule has 0 heterocycles. The third-order valence-electron chi connectivity index (χ3n) is 4.69. The van der Waals surface area contributed by atoms with Crippen LogP contribution in [0.4, 0.5) is 11.4 Å². The Morgan fingerprint density at radius 2 is 1.06 bits per heavy atom. The number of anilines is 2. The van der Waals surface area contributed by atoms with Crippen molar-refractivity contribution >= 4 is 35.1 Å². The summed E-state index contributed by atoms with van der Waals surface area (Å²) in [6, 6.07) is 13.2. The maximum Gasteiger partial charge on any atom is 0.337 e. The topological polar surface area (TPSA) is 111 Å². The minimum Gasteiger partial charge on any atom is -0.465 e. The van der Waals surface area contributed by atoms with Crippen LogP contribution in [0.5, 0.6) is 0 Å². The molecule has 0 bridgehead atoms. The Labute approximate surface area is 187 Å². The van der Waals surface area contributed by atoms with Crippen molar-refractivity contribution in [1.82, 2.24) is 0 Å². The zero-order chi connectivity index (χ0) is 23.3. The number of amides is 2. The molecule has 2 N–H and O–H groups in total. The number of benzene rings is 2. The molecule has 32 heavy (non-hydrogen) atoms. The lowest BCUT2D eigenvalue weighted by atomic mass is 10.1. The van der Waals surface area contributed by atoms with Gasteiger partial charge in [0.15, 0.2) is 0 Å². The van der Waals surface area contributed by atoms with Gasteiger partial charge in [0.2, 0.25) is 11.8 Å². The van der Waals surface area contributed by atoms with Crippen LogP contribution in [-0.2, 0) is 19.1 Å². The van der Waals surface area contributed by atoms with Gasteiger partial charge < -0.3 is 20.1 Å². The molecule has 0 aliphatic heterocycles. The number of hydrogen-bond acceptors (Lipinski definition) is 6. The average Bonchev–Trinajstić information content (AvgIpc) is 2.80. The Hall–Kier alpha value is -3.68. The van der Waals surface area contributed by atoms with Crippen molar-refractivity contribution in [2.75, 3.05) is 24.9 Å². The Kier molecular flexibility index (Phi) is 9.90. The van der Waals surface area contributed by atoms with E-state index < -0.39 is 11.9 Å². The molecule has 0 unspecified atom stereocenters. The van der Waals surface area contributed by atoms with Gasteiger partial charge in [0, 0.05) is 24.2 Å². The molecule has 0 saturated carbocycles. The van der Waals surface area contributed by atoms with Crippen molar-refractivity contribution in [1.29, 1.82) is 0 Å². The van der Waals surface area contributed by atoms with E-state index in [-0.39, 0.29) is 11.8 Å². The molecular weight excluding hydrogens is 412 g/mol. The van der Waals surface area contributed by atoms with E-state index in [9.17, 15) is 19.2 Å². The second kappa shape index (κ2) is 12.9. The number of unbranched alkanes of at least 4 members (excludes halogenated alkanes) is 3. The third-order valence-corrected chi connectivity index (χ3v) is 4.69. The maximum atomic E-state index is 12.1. The van der Waals surface area contributed by atoms with E-state index >= 15 is 0 Å². The van der Waals surface area contributed by atoms with Gasteiger partial charge >= 0.3 is 11.9 Å². The first-order valence-electron chi connectivity index (χ1n) is 10.4. The quantitative estimate of drug-likeness (QED) is 0.401. The van der Waals surface area contributed by atoms with Gasteiger partial charge in [-0.1, -0.05) is 25.0 Å². The minimum absolute atomic E-state index is 0.129. The molecule has 2 aromatic carbocycles. The van der Waals surface area contributed by atoms with E-state index in [4.69, 9.17) is 0 Å². The first-order valence-corrected chi connectivity index (χ1v) is 10.4. The van der Waals surface area contributed by atoms with E-state index in [0.717, 1.165) is 12.8 Å². The summed E-state index contributed by atoms with van der Waals surface area (Å²) < 4.78 is 9.34. The Morgan fingerprint density at radius 3 is 1.44 bits per heavy atom. The van der Waals surface area contributed by atoms with E-state index in [0.29, 0.717) is 48.2 Å². The predicted octanol–water partition coefficient (Wildman–Crippen LogP) is 4.18. The molecule has 0 saturated heterocycles. The van der Waals surface area contributed by atoms with Gasteiger partial charge in [-0.3, -0.25) is 9.59 Å². The first kappa shape index (κ1) is 24.6. The number of nitrogens with one attached hydrogen (secondary N) is 2. The highest BCUT2D eigenvalue weighted by atomic mass is 16.5. The van der Waals surface area contributed by atoms with Crippen molar-refractivity contribution in [2.24, 2.45) is 0 Å². The molecule has 170 valence electrons. The van der Waals surface area contributed by atoms with Gasteiger partial charge in [-0.2, -0.15) is 0 Å². The average molecular weight is 440 g/mol. The number of esters is 2. The molecule has 0 spiro atoms. The molecule has 0 aliphatic carbocycles. The standard InChI is InChI=1S/C24H28N2O6/c1-31-23(29)17-9-7-11-19(15-17)25-21(27)13-5-3-4-6-14-22(28)26-20-12-8-10-18(16-20)24(30)32-2/h7-12,15-16H,3-6,13-14H2,1-2H3,(H,25,27)(H,26,28). The fourth-order valence-electron chi connectivity index (χ4n) is 3.06. The summed E-state index contributed by atoms with van der Waals surface area (Å²) >= 11 is 0. The van der Waals surface area contributed by atoms with Gasteiger partial charge in [-0.25, -0.2) is 9.59 Å². The number of hydrogen-bond donors (Lipinski definition) is 2. The summed E-state index contributed by atoms with van der Waals surface area (Å²) in [6.07, 6.45) is 3.75. The lowest BCUT2D eigenvalue weighted by molar-refractivity contribution is -0.117. The highest BCUT2D eigenvalue weighted by Gasteiger charge is 2.09. The summed E-state index contributed by atoms with van der Waals surface area (Å²) in [5.41, 5.74) is 1.85. The summed E-state index contributed by atoms with van der Waals surface area (Å²) in [7, 11) is 2.61. The van der Waals surface area contributed by atoms with E-state index in [1.807, 2.05) is 0 Å². The van der Waals surface area contributed by atoms with Crippen LogP contribution in [0, 0.1) is 0 Å². The fourth-order valence-corrected chi connectivity index (χ4v) is 3.06. The summed E-state index contributed by atoms with van der Waals surface area (Å²) in [4.78, 5) is 47.3. The molecule has 0 atom stereocenters. The minimum atomic E-state index is -0.457. The molecule has 0 aromatic heterocycles. The molecule has 0 radical (unpaired) electrons. The maximum absolute atomic E-state index is 12.1. The van der Waals surface area contributed by atoms with Crippen LogP contribution >= 0.6 is 0 Å². The monoisotopic (exact) mass is 440 g/mol. The van der Waals surface area contributed by atoms with Gasteiger partial charge in [0.25, 0.3) is 0 Å². The second-order valence-corrected chi connectivity index (χ2v) is 7.16. The molecule has 0 fully saturated rings. The molecule has 2 amide bonds. The second-order valence-electron chi connectivity index (χ2n) is 7.16. The number of carbonyl (C=O) groups excluding carboxylic acids is 4. The Bertz CT molecular complexity index is 880. The van der Waals surface area contributed by atoms with Gasteiger partial charge in [-0.15, -0.1) is 0 Å². The Balaban J connectivity index is 1.63. The SMILES string of the molecule is COC(=O)c1cccc(NC(=O)CCCCCCC(=O)Nc2cccc(C(=O)OC)c2)c1. The zero-order valence-electron chi connectivity index (χ0n) is 18.3. The first-order chi connectivity index (χ1) is 15.4. The van der Waals surface area contributed by atoms with Crippen molar-refractivity contribution < 1.29 is 28.7 Å². The molecule has 2 rings (SSSR count). The number of ether oxygens (including phenoxy) is 2. The van der Waals surface area contributed by atoms with Crippen LogP contribution in [-0.4, -0.2) is 38.0 Å². The molecule has 2 aromatic rings. The van der Waals surface area contributed by atoms with E-state index in [2.05, 4.69) is 20.1 Å². The molecule has 0 aliphatic rings. The van der Waals surface area contributed by atoms with Crippen LogP contribution in [0.3, 0.4) is 0 Å². The number of carbonyl (C=O) groups is 4. The third kappa shape index (κ3) is 8.22. The lowest BCUT2D eigenvalue weighted by Crippen LogP contribution is -2.12. The van der Waals surface area contributed by atoms with E-state index in [1.54, 1.807) is 48.5 Å². The molecule has 8 heteroatoms. The van der Waals surface area contributed by atoms with Crippen LogP contribution < -0.4 is 10.6 Å². The van der Waals surface area contributed by atoms with Crippen LogP contribution in [0.15, 0.2) is 48.5 Å². The lowest BCUT2D eigenvalue weighted by Gasteiger charge is -2.08. The van der Waals surface area contributed by atoms with Crippen molar-refractivity contribution in [3.8, 4) is 0 Å². The van der Waals surface area contributed by atoms with Gasteiger partial charge in [-0.05, 0) is 49.2 Å². The van der Waals surface area contributed by atoms with Gasteiger partial charge in [0.05, 0.1) is 25.3 Å². The number of methoxy groups -OCH3 is 2. The van der Waals surface area contributed by atoms with Crippen molar-refractivity contribution in [2.45, 2.75) is 38.5 Å². The van der Waals surface area contributed by atoms with Crippen LogP contribution in [0.2, 0.25) is 0 Å². The molecular formula is C24H28N2O6. The smallest absolute Gasteiger partial charge is 0.337 e. The van der Waals surface area contributed by atoms with Crippen LogP contribution in [0.25, 0.3) is 0 Å². The molecule has 8 nitrogen and oxygen atoms in total. The summed E-state index contributed by atoms with van der Waals surface area (Å²) in [6.45, 7) is 0. The number of rotatable bonds is 11. The largest absolute Gasteiger partial charge is 0.465 e. The summed E-state index contributed by atoms with van der Waals surface area (Å²) in [5.74, 6) is -1.17. The highest BCUT2D eigenvalue weighted by molar-refractivity contribution is 5.95. The van der Waals surface area contributed by atoms with Gasteiger partial charge in [0.1, 0.15) is 0 Å². The van der Waals surface area contributed by atoms with E-state index in [1.165, 1.54) is 14.2 Å². The fraction of sp³-hybridized carbons (Fsp3) is 0.333. The predicted molar refractivity (Wildman–Crippen MR) is 121 cm³/mol. The zero-order valence-corrected chi connectivity index (χ0v) is 18.3. The highest BCUT2D eigenvalue weighted by Crippen LogP contribution is 2.15. The van der Waals surface area contributed by atoms with Crippen LogP contribution in [0.1, 0.15) is 59.2 Å². The normalized spacial score (nSPS) is 10.2.